The molecule has 0 radical (unpaired) electrons. The summed E-state index contributed by atoms with van der Waals surface area (Å²) in [6, 6.07) is 0. The van der Waals surface area contributed by atoms with Crippen LogP contribution in [0.1, 0.15) is 32.1 Å². The summed E-state index contributed by atoms with van der Waals surface area (Å²) in [5.74, 6) is 0. The lowest BCUT2D eigenvalue weighted by atomic mass is 10.2. The van der Waals surface area contributed by atoms with Crippen LogP contribution >= 0.6 is 0 Å². The van der Waals surface area contributed by atoms with Crippen molar-refractivity contribution in [2.24, 2.45) is 0 Å². The highest BCUT2D eigenvalue weighted by molar-refractivity contribution is 5.12. The molecule has 70 valence electrons. The maximum absolute atomic E-state index is 2.29. The molecular formula is C13H18. The van der Waals surface area contributed by atoms with E-state index < -0.39 is 0 Å². The van der Waals surface area contributed by atoms with Gasteiger partial charge in [0.15, 0.2) is 0 Å². The molecule has 1 rings (SSSR count). The standard InChI is InChI=1S/C13H18/c1-2-4-6-8-10-12-13-11-9-7-5-3-1/h1-6,9,11H,7-8,10,12-13H2/b2-1-,5-3?,6-4?,11-9?. The van der Waals surface area contributed by atoms with Crippen molar-refractivity contribution in [2.45, 2.75) is 32.1 Å². The van der Waals surface area contributed by atoms with Gasteiger partial charge in [-0.25, -0.2) is 0 Å². The first-order chi connectivity index (χ1) is 6.50. The molecule has 0 aliphatic heterocycles. The molecular weight excluding hydrogens is 156 g/mol. The first-order valence-electron chi connectivity index (χ1n) is 5.13. The van der Waals surface area contributed by atoms with Crippen LogP contribution < -0.4 is 0 Å². The molecule has 0 spiro atoms. The van der Waals surface area contributed by atoms with Crippen molar-refractivity contribution in [2.75, 3.05) is 0 Å². The van der Waals surface area contributed by atoms with Crippen LogP contribution in [0.2, 0.25) is 0 Å². The maximum Gasteiger partial charge on any atom is -0.0166 e. The topological polar surface area (TPSA) is 0 Å². The SMILES string of the molecule is C1=CCC=CCCCCC=C/C=C\1. The lowest BCUT2D eigenvalue weighted by Crippen LogP contribution is -1.71. The third kappa shape index (κ3) is 6.15. The highest BCUT2D eigenvalue weighted by Crippen LogP contribution is 2.03. The normalized spacial score (nSPS) is 21.5. The zero-order chi connectivity index (χ0) is 9.19. The Balaban J connectivity index is 2.38. The molecule has 13 heavy (non-hydrogen) atoms. The van der Waals surface area contributed by atoms with Gasteiger partial charge in [0.2, 0.25) is 0 Å². The van der Waals surface area contributed by atoms with Gasteiger partial charge < -0.3 is 0 Å². The van der Waals surface area contributed by atoms with E-state index >= 15 is 0 Å². The first kappa shape index (κ1) is 10.0. The van der Waals surface area contributed by atoms with Gasteiger partial charge in [0.25, 0.3) is 0 Å². The second kappa shape index (κ2) is 7.60. The van der Waals surface area contributed by atoms with Crippen molar-refractivity contribution < 1.29 is 0 Å². The van der Waals surface area contributed by atoms with Crippen molar-refractivity contribution >= 4 is 0 Å². The van der Waals surface area contributed by atoms with E-state index in [1.807, 2.05) is 0 Å². The van der Waals surface area contributed by atoms with Crippen molar-refractivity contribution in [3.05, 3.63) is 48.6 Å². The van der Waals surface area contributed by atoms with Crippen LogP contribution in [0, 0.1) is 0 Å². The van der Waals surface area contributed by atoms with Crippen molar-refractivity contribution in [3.8, 4) is 0 Å². The monoisotopic (exact) mass is 174 g/mol. The van der Waals surface area contributed by atoms with Crippen LogP contribution in [0.15, 0.2) is 48.6 Å². The van der Waals surface area contributed by atoms with Crippen LogP contribution in [0.4, 0.5) is 0 Å². The predicted molar refractivity (Wildman–Crippen MR) is 59.6 cm³/mol. The van der Waals surface area contributed by atoms with Gasteiger partial charge in [-0.2, -0.15) is 0 Å². The second-order valence-corrected chi connectivity index (χ2v) is 3.23. The summed E-state index contributed by atoms with van der Waals surface area (Å²) in [5, 5.41) is 0. The minimum Gasteiger partial charge on any atom is -0.0882 e. The summed E-state index contributed by atoms with van der Waals surface area (Å²) >= 11 is 0. The minimum absolute atomic E-state index is 1.06. The number of hydrogen-bond donors (Lipinski definition) is 0. The third-order valence-electron chi connectivity index (χ3n) is 2.04. The highest BCUT2D eigenvalue weighted by Gasteiger charge is 1.83. The van der Waals surface area contributed by atoms with Crippen molar-refractivity contribution in [1.82, 2.24) is 0 Å². The molecule has 0 aromatic rings. The molecule has 0 aromatic heterocycles. The van der Waals surface area contributed by atoms with E-state index in [-0.39, 0.29) is 0 Å². The molecule has 0 aromatic carbocycles. The number of allylic oxidation sites excluding steroid dienone is 8. The Morgan fingerprint density at radius 1 is 0.538 bits per heavy atom. The fourth-order valence-electron chi connectivity index (χ4n) is 1.28. The summed E-state index contributed by atoms with van der Waals surface area (Å²) in [7, 11) is 0. The Labute approximate surface area is 81.4 Å². The van der Waals surface area contributed by atoms with Crippen molar-refractivity contribution in [3.63, 3.8) is 0 Å². The van der Waals surface area contributed by atoms with E-state index in [1.165, 1.54) is 25.7 Å². The smallest absolute Gasteiger partial charge is 0.0166 e. The average Bonchev–Trinajstić information content (AvgIpc) is 2.18. The second-order valence-electron chi connectivity index (χ2n) is 3.23. The fourth-order valence-corrected chi connectivity index (χ4v) is 1.28. The van der Waals surface area contributed by atoms with Gasteiger partial charge in [0, 0.05) is 0 Å². The molecule has 0 fully saturated rings. The van der Waals surface area contributed by atoms with E-state index in [2.05, 4.69) is 48.6 Å². The third-order valence-corrected chi connectivity index (χ3v) is 2.04. The Morgan fingerprint density at radius 2 is 1.23 bits per heavy atom. The van der Waals surface area contributed by atoms with Crippen LogP contribution in [0.3, 0.4) is 0 Å². The predicted octanol–water partition coefficient (Wildman–Crippen LogP) is 4.18. The molecule has 0 unspecified atom stereocenters. The van der Waals surface area contributed by atoms with Gasteiger partial charge in [0.1, 0.15) is 0 Å². The Kier molecular flexibility index (Phi) is 5.87. The molecule has 1 aliphatic carbocycles. The van der Waals surface area contributed by atoms with Crippen molar-refractivity contribution in [1.29, 1.82) is 0 Å². The van der Waals surface area contributed by atoms with Crippen LogP contribution in [0.5, 0.6) is 0 Å². The van der Waals surface area contributed by atoms with Crippen LogP contribution in [-0.2, 0) is 0 Å². The molecule has 0 atom stereocenters. The van der Waals surface area contributed by atoms with Gasteiger partial charge >= 0.3 is 0 Å². The van der Waals surface area contributed by atoms with Gasteiger partial charge in [-0.05, 0) is 32.1 Å². The summed E-state index contributed by atoms with van der Waals surface area (Å²) in [4.78, 5) is 0. The molecule has 0 nitrogen and oxygen atoms in total. The molecule has 0 amide bonds. The van der Waals surface area contributed by atoms with E-state index in [4.69, 9.17) is 0 Å². The molecule has 0 heteroatoms. The number of rotatable bonds is 0. The zero-order valence-corrected chi connectivity index (χ0v) is 8.15. The van der Waals surface area contributed by atoms with E-state index in [0.717, 1.165) is 6.42 Å². The largest absolute Gasteiger partial charge is 0.0882 e. The van der Waals surface area contributed by atoms with E-state index in [1.54, 1.807) is 0 Å². The van der Waals surface area contributed by atoms with Gasteiger partial charge in [0.05, 0.1) is 0 Å². The molecule has 0 bridgehead atoms. The van der Waals surface area contributed by atoms with E-state index in [0.29, 0.717) is 0 Å². The summed E-state index contributed by atoms with van der Waals surface area (Å²) in [5.41, 5.74) is 0. The maximum atomic E-state index is 2.29. The van der Waals surface area contributed by atoms with Crippen LogP contribution in [0.25, 0.3) is 0 Å². The molecule has 0 heterocycles. The summed E-state index contributed by atoms with van der Waals surface area (Å²) in [6.45, 7) is 0. The van der Waals surface area contributed by atoms with Gasteiger partial charge in [-0.15, -0.1) is 0 Å². The lowest BCUT2D eigenvalue weighted by molar-refractivity contribution is 0.761. The quantitative estimate of drug-likeness (QED) is 0.483. The summed E-state index contributed by atoms with van der Waals surface area (Å²) < 4.78 is 0. The molecule has 0 saturated heterocycles. The average molecular weight is 174 g/mol. The summed E-state index contributed by atoms with van der Waals surface area (Å²) in [6.07, 6.45) is 23.5. The highest BCUT2D eigenvalue weighted by atomic mass is 13.9. The lowest BCUT2D eigenvalue weighted by Gasteiger charge is -1.91. The Morgan fingerprint density at radius 3 is 2.08 bits per heavy atom. The molecule has 0 saturated carbocycles. The molecule has 0 N–H and O–H groups in total. The first-order valence-corrected chi connectivity index (χ1v) is 5.13. The fraction of sp³-hybridized carbons (Fsp3) is 0.385. The minimum atomic E-state index is 1.06. The molecule has 1 aliphatic rings. The Hall–Kier alpha value is -1.04. The van der Waals surface area contributed by atoms with Crippen LogP contribution in [-0.4, -0.2) is 0 Å². The van der Waals surface area contributed by atoms with Gasteiger partial charge in [-0.3, -0.25) is 0 Å². The Bertz CT molecular complexity index is 216. The number of hydrogen-bond acceptors (Lipinski definition) is 0. The van der Waals surface area contributed by atoms with E-state index in [9.17, 15) is 0 Å². The zero-order valence-electron chi connectivity index (χ0n) is 8.15. The van der Waals surface area contributed by atoms with Gasteiger partial charge in [-0.1, -0.05) is 48.6 Å².